The van der Waals surface area contributed by atoms with Crippen molar-refractivity contribution in [3.63, 3.8) is 0 Å². The number of carbonyl (C=O) groups is 2. The van der Waals surface area contributed by atoms with Crippen LogP contribution >= 0.6 is 0 Å². The van der Waals surface area contributed by atoms with Gasteiger partial charge in [0.25, 0.3) is 0 Å². The van der Waals surface area contributed by atoms with Gasteiger partial charge in [0.1, 0.15) is 0 Å². The van der Waals surface area contributed by atoms with Crippen molar-refractivity contribution in [2.75, 3.05) is 33.4 Å². The van der Waals surface area contributed by atoms with E-state index in [1.54, 1.807) is 4.90 Å². The maximum Gasteiger partial charge on any atom is 0.334 e. The van der Waals surface area contributed by atoms with Gasteiger partial charge in [0, 0.05) is 26.8 Å². The molecule has 7 heteroatoms. The molecule has 0 aromatic heterocycles. The summed E-state index contributed by atoms with van der Waals surface area (Å²) in [6.45, 7) is 3.86. The van der Waals surface area contributed by atoms with Gasteiger partial charge in [0.2, 0.25) is 0 Å². The van der Waals surface area contributed by atoms with Crippen molar-refractivity contribution >= 4 is 12.0 Å². The molecule has 7 nitrogen and oxygen atoms in total. The van der Waals surface area contributed by atoms with Crippen LogP contribution in [0.15, 0.2) is 0 Å². The SMILES string of the molecule is CCOC1CCN(C(=O)NCC(OC)C(=O)O)CC1. The molecule has 0 aromatic carbocycles. The third-order valence-corrected chi connectivity index (χ3v) is 3.13. The van der Waals surface area contributed by atoms with Crippen molar-refractivity contribution in [3.05, 3.63) is 0 Å². The highest BCUT2D eigenvalue weighted by molar-refractivity contribution is 5.77. The van der Waals surface area contributed by atoms with Crippen LogP contribution in [0.1, 0.15) is 19.8 Å². The summed E-state index contributed by atoms with van der Waals surface area (Å²) in [7, 11) is 1.30. The van der Waals surface area contributed by atoms with Crippen LogP contribution < -0.4 is 5.32 Å². The van der Waals surface area contributed by atoms with E-state index in [0.717, 1.165) is 12.8 Å². The minimum absolute atomic E-state index is 0.0317. The molecular formula is C12H22N2O5. The first kappa shape index (κ1) is 15.7. The first-order valence-electron chi connectivity index (χ1n) is 6.48. The maximum atomic E-state index is 11.8. The molecule has 1 aliphatic rings. The zero-order chi connectivity index (χ0) is 14.3. The molecule has 0 spiro atoms. The first-order valence-corrected chi connectivity index (χ1v) is 6.48. The molecule has 2 N–H and O–H groups in total. The summed E-state index contributed by atoms with van der Waals surface area (Å²) >= 11 is 0. The van der Waals surface area contributed by atoms with E-state index >= 15 is 0 Å². The number of urea groups is 1. The van der Waals surface area contributed by atoms with Crippen molar-refractivity contribution in [2.24, 2.45) is 0 Å². The molecule has 1 saturated heterocycles. The minimum Gasteiger partial charge on any atom is -0.479 e. The highest BCUT2D eigenvalue weighted by Crippen LogP contribution is 2.13. The molecule has 1 atom stereocenters. The lowest BCUT2D eigenvalue weighted by atomic mass is 10.1. The predicted molar refractivity (Wildman–Crippen MR) is 68.1 cm³/mol. The smallest absolute Gasteiger partial charge is 0.334 e. The lowest BCUT2D eigenvalue weighted by Gasteiger charge is -2.32. The molecule has 0 aliphatic carbocycles. The third-order valence-electron chi connectivity index (χ3n) is 3.13. The monoisotopic (exact) mass is 274 g/mol. The number of aliphatic carboxylic acids is 1. The third kappa shape index (κ3) is 5.04. The van der Waals surface area contributed by atoms with Crippen LogP contribution in [0.4, 0.5) is 4.79 Å². The van der Waals surface area contributed by atoms with Gasteiger partial charge in [-0.25, -0.2) is 9.59 Å². The lowest BCUT2D eigenvalue weighted by molar-refractivity contribution is -0.148. The summed E-state index contributed by atoms with van der Waals surface area (Å²) in [4.78, 5) is 24.2. The number of rotatable bonds is 6. The van der Waals surface area contributed by atoms with E-state index < -0.39 is 12.1 Å². The summed E-state index contributed by atoms with van der Waals surface area (Å²) < 4.78 is 10.2. The van der Waals surface area contributed by atoms with Gasteiger partial charge in [-0.05, 0) is 19.8 Å². The Morgan fingerprint density at radius 1 is 1.42 bits per heavy atom. The number of likely N-dealkylation sites (tertiary alicyclic amines) is 1. The average Bonchev–Trinajstić information content (AvgIpc) is 2.40. The van der Waals surface area contributed by atoms with E-state index in [0.29, 0.717) is 19.7 Å². The minimum atomic E-state index is -1.09. The van der Waals surface area contributed by atoms with E-state index in [1.165, 1.54) is 7.11 Å². The number of piperidine rings is 1. The molecule has 1 fully saturated rings. The van der Waals surface area contributed by atoms with Crippen LogP contribution in [0, 0.1) is 0 Å². The average molecular weight is 274 g/mol. The predicted octanol–water partition coefficient (Wildman–Crippen LogP) is 0.297. The van der Waals surface area contributed by atoms with Crippen molar-refractivity contribution in [3.8, 4) is 0 Å². The van der Waals surface area contributed by atoms with Crippen molar-refractivity contribution in [2.45, 2.75) is 32.0 Å². The Kier molecular flexibility index (Phi) is 6.58. The van der Waals surface area contributed by atoms with Crippen LogP contribution in [0.25, 0.3) is 0 Å². The normalized spacial score (nSPS) is 18.1. The van der Waals surface area contributed by atoms with Crippen LogP contribution in [-0.4, -0.2) is 67.6 Å². The Balaban J connectivity index is 2.29. The van der Waals surface area contributed by atoms with E-state index in [4.69, 9.17) is 14.6 Å². The van der Waals surface area contributed by atoms with E-state index in [-0.39, 0.29) is 18.7 Å². The molecule has 2 amide bonds. The van der Waals surface area contributed by atoms with Gasteiger partial charge >= 0.3 is 12.0 Å². The Hall–Kier alpha value is -1.34. The molecule has 1 rings (SSSR count). The number of methoxy groups -OCH3 is 1. The van der Waals surface area contributed by atoms with Gasteiger partial charge < -0.3 is 24.8 Å². The second-order valence-electron chi connectivity index (χ2n) is 4.39. The zero-order valence-electron chi connectivity index (χ0n) is 11.4. The molecule has 1 heterocycles. The van der Waals surface area contributed by atoms with E-state index in [1.807, 2.05) is 6.92 Å². The quantitative estimate of drug-likeness (QED) is 0.727. The van der Waals surface area contributed by atoms with E-state index in [9.17, 15) is 9.59 Å². The Bertz CT molecular complexity index is 302. The number of hydrogen-bond donors (Lipinski definition) is 2. The highest BCUT2D eigenvalue weighted by Gasteiger charge is 2.24. The fraction of sp³-hybridized carbons (Fsp3) is 0.833. The number of carboxylic acid groups (broad SMARTS) is 1. The lowest BCUT2D eigenvalue weighted by Crippen LogP contribution is -2.48. The van der Waals surface area contributed by atoms with Crippen molar-refractivity contribution in [1.82, 2.24) is 10.2 Å². The largest absolute Gasteiger partial charge is 0.479 e. The molecular weight excluding hydrogens is 252 g/mol. The van der Waals surface area contributed by atoms with Crippen LogP contribution in [0.3, 0.4) is 0 Å². The summed E-state index contributed by atoms with van der Waals surface area (Å²) in [5.41, 5.74) is 0. The summed E-state index contributed by atoms with van der Waals surface area (Å²) in [5.74, 6) is -1.09. The van der Waals surface area contributed by atoms with Gasteiger partial charge in [-0.1, -0.05) is 0 Å². The van der Waals surface area contributed by atoms with Gasteiger partial charge in [-0.3, -0.25) is 0 Å². The number of carboxylic acids is 1. The Morgan fingerprint density at radius 2 is 2.05 bits per heavy atom. The summed E-state index contributed by atoms with van der Waals surface area (Å²) in [5, 5.41) is 11.4. The molecule has 0 aromatic rings. The second kappa shape index (κ2) is 7.96. The molecule has 19 heavy (non-hydrogen) atoms. The molecule has 0 saturated carbocycles. The van der Waals surface area contributed by atoms with Gasteiger partial charge in [0.15, 0.2) is 6.10 Å². The van der Waals surface area contributed by atoms with E-state index in [2.05, 4.69) is 5.32 Å². The molecule has 110 valence electrons. The Labute approximate surface area is 112 Å². The second-order valence-corrected chi connectivity index (χ2v) is 4.39. The fourth-order valence-corrected chi connectivity index (χ4v) is 2.02. The number of nitrogens with one attached hydrogen (secondary N) is 1. The zero-order valence-corrected chi connectivity index (χ0v) is 11.4. The van der Waals surface area contributed by atoms with Crippen molar-refractivity contribution < 1.29 is 24.2 Å². The van der Waals surface area contributed by atoms with Crippen LogP contribution in [-0.2, 0) is 14.3 Å². The maximum absolute atomic E-state index is 11.8. The topological polar surface area (TPSA) is 88.1 Å². The number of hydrogen-bond acceptors (Lipinski definition) is 4. The summed E-state index contributed by atoms with van der Waals surface area (Å²) in [6, 6.07) is -0.252. The summed E-state index contributed by atoms with van der Waals surface area (Å²) in [6.07, 6.45) is 0.839. The van der Waals surface area contributed by atoms with Crippen LogP contribution in [0.5, 0.6) is 0 Å². The number of carbonyl (C=O) groups excluding carboxylic acids is 1. The number of nitrogens with zero attached hydrogens (tertiary/aromatic N) is 1. The number of ether oxygens (including phenoxy) is 2. The van der Waals surface area contributed by atoms with Gasteiger partial charge in [-0.15, -0.1) is 0 Å². The van der Waals surface area contributed by atoms with Crippen molar-refractivity contribution in [1.29, 1.82) is 0 Å². The van der Waals surface area contributed by atoms with Crippen LogP contribution in [0.2, 0.25) is 0 Å². The molecule has 1 aliphatic heterocycles. The molecule has 1 unspecified atom stereocenters. The van der Waals surface area contributed by atoms with Gasteiger partial charge in [0.05, 0.1) is 12.6 Å². The first-order chi connectivity index (χ1) is 9.08. The molecule has 0 radical (unpaired) electrons. The highest BCUT2D eigenvalue weighted by atomic mass is 16.5. The standard InChI is InChI=1S/C12H22N2O5/c1-3-19-9-4-6-14(7-5-9)12(17)13-8-10(18-2)11(15)16/h9-10H,3-8H2,1-2H3,(H,13,17)(H,15,16). The fourth-order valence-electron chi connectivity index (χ4n) is 2.02. The molecule has 0 bridgehead atoms. The number of amides is 2. The van der Waals surface area contributed by atoms with Gasteiger partial charge in [-0.2, -0.15) is 0 Å². The Morgan fingerprint density at radius 3 is 2.53 bits per heavy atom.